The lowest BCUT2D eigenvalue weighted by atomic mass is 10.3. The average molecular weight is 218 g/mol. The summed E-state index contributed by atoms with van der Waals surface area (Å²) >= 11 is 0. The first-order valence-corrected chi connectivity index (χ1v) is 4.13. The molecule has 0 fully saturated rings. The summed E-state index contributed by atoms with van der Waals surface area (Å²) in [5, 5.41) is 0. The zero-order chi connectivity index (χ0) is 11.1. The van der Waals surface area contributed by atoms with Gasteiger partial charge in [0.1, 0.15) is 0 Å². The Morgan fingerprint density at radius 2 is 1.87 bits per heavy atom. The lowest BCUT2D eigenvalue weighted by Crippen LogP contribution is -2.24. The zero-order valence-electron chi connectivity index (χ0n) is 7.35. The molecule has 0 unspecified atom stereocenters. The van der Waals surface area contributed by atoms with E-state index in [0.29, 0.717) is 5.52 Å². The van der Waals surface area contributed by atoms with Crippen LogP contribution in [0.3, 0.4) is 0 Å². The fourth-order valence-corrected chi connectivity index (χ4v) is 1.21. The van der Waals surface area contributed by atoms with Crippen molar-refractivity contribution >= 4 is 11.0 Å². The fraction of sp³-hybridized carbons (Fsp3) is 0.222. The number of fused-ring (bicyclic) bond motifs is 1. The van der Waals surface area contributed by atoms with Crippen molar-refractivity contribution in [3.63, 3.8) is 0 Å². The van der Waals surface area contributed by atoms with E-state index >= 15 is 0 Å². The number of benzene rings is 1. The van der Waals surface area contributed by atoms with E-state index in [9.17, 15) is 17.6 Å². The number of hydrogen-bond donors (Lipinski definition) is 1. The highest BCUT2D eigenvalue weighted by Gasteiger charge is 2.45. The Bertz CT molecular complexity index is 445. The predicted molar refractivity (Wildman–Crippen MR) is 46.0 cm³/mol. The van der Waals surface area contributed by atoms with Crippen LogP contribution < -0.4 is 0 Å². The summed E-state index contributed by atoms with van der Waals surface area (Å²) in [6.45, 7) is 0. The molecule has 1 N–H and O–H groups in total. The van der Waals surface area contributed by atoms with Crippen LogP contribution in [0.2, 0.25) is 0 Å². The van der Waals surface area contributed by atoms with Crippen LogP contribution in [0.5, 0.6) is 0 Å². The van der Waals surface area contributed by atoms with Crippen LogP contribution in [0.1, 0.15) is 5.82 Å². The second-order valence-corrected chi connectivity index (χ2v) is 3.03. The molecule has 0 aliphatic carbocycles. The van der Waals surface area contributed by atoms with Crippen molar-refractivity contribution in [1.29, 1.82) is 0 Å². The molecule has 2 rings (SSSR count). The molecule has 0 saturated heterocycles. The molecule has 2 nitrogen and oxygen atoms in total. The van der Waals surface area contributed by atoms with Gasteiger partial charge in [-0.3, -0.25) is 0 Å². The molecular weight excluding hydrogens is 212 g/mol. The average Bonchev–Trinajstić information content (AvgIpc) is 2.61. The van der Waals surface area contributed by atoms with E-state index in [4.69, 9.17) is 0 Å². The van der Waals surface area contributed by atoms with Crippen molar-refractivity contribution in [2.24, 2.45) is 0 Å². The van der Waals surface area contributed by atoms with Gasteiger partial charge in [0.15, 0.2) is 5.82 Å². The van der Waals surface area contributed by atoms with E-state index in [2.05, 4.69) is 9.97 Å². The Balaban J connectivity index is 2.53. The largest absolute Gasteiger partial charge is 0.363 e. The van der Waals surface area contributed by atoms with E-state index in [0.717, 1.165) is 0 Å². The Kier molecular flexibility index (Phi) is 2.13. The SMILES string of the molecule is FC(F)C(F)(F)c1nc2ccccc2[nH]1. The highest BCUT2D eigenvalue weighted by Crippen LogP contribution is 2.33. The smallest absolute Gasteiger partial charge is 0.337 e. The summed E-state index contributed by atoms with van der Waals surface area (Å²) in [5.41, 5.74) is 0.556. The molecule has 0 aliphatic rings. The molecule has 0 bridgehead atoms. The number of hydrogen-bond acceptors (Lipinski definition) is 1. The number of aromatic nitrogens is 2. The zero-order valence-corrected chi connectivity index (χ0v) is 7.35. The maximum Gasteiger partial charge on any atom is 0.363 e. The molecule has 80 valence electrons. The monoisotopic (exact) mass is 218 g/mol. The van der Waals surface area contributed by atoms with E-state index in [-0.39, 0.29) is 5.52 Å². The summed E-state index contributed by atoms with van der Waals surface area (Å²) in [4.78, 5) is 5.60. The highest BCUT2D eigenvalue weighted by molar-refractivity contribution is 5.74. The summed E-state index contributed by atoms with van der Waals surface area (Å²) in [7, 11) is 0. The number of nitrogens with zero attached hydrogens (tertiary/aromatic N) is 1. The van der Waals surface area contributed by atoms with Gasteiger partial charge in [-0.1, -0.05) is 12.1 Å². The summed E-state index contributed by atoms with van der Waals surface area (Å²) < 4.78 is 49.8. The molecule has 0 amide bonds. The van der Waals surface area contributed by atoms with Crippen molar-refractivity contribution < 1.29 is 17.6 Å². The Morgan fingerprint density at radius 3 is 2.47 bits per heavy atom. The lowest BCUT2D eigenvalue weighted by Gasteiger charge is -2.11. The summed E-state index contributed by atoms with van der Waals surface area (Å²) in [5.74, 6) is -5.24. The molecule has 0 saturated carbocycles. The second kappa shape index (κ2) is 3.22. The van der Waals surface area contributed by atoms with Crippen LogP contribution in [0, 0.1) is 0 Å². The summed E-state index contributed by atoms with van der Waals surface area (Å²) in [6, 6.07) is 6.16. The van der Waals surface area contributed by atoms with Gasteiger partial charge in [-0.05, 0) is 12.1 Å². The number of halogens is 4. The van der Waals surface area contributed by atoms with Gasteiger partial charge in [0, 0.05) is 0 Å². The molecule has 2 aromatic rings. The third-order valence-corrected chi connectivity index (χ3v) is 1.98. The first-order chi connectivity index (χ1) is 7.01. The molecule has 1 heterocycles. The third kappa shape index (κ3) is 1.55. The van der Waals surface area contributed by atoms with Crippen molar-refractivity contribution in [3.8, 4) is 0 Å². The minimum absolute atomic E-state index is 0.243. The standard InChI is InChI=1S/C9H6F4N2/c10-7(11)9(12,13)8-14-5-3-1-2-4-6(5)15-8/h1-4,7H,(H,14,15). The highest BCUT2D eigenvalue weighted by atomic mass is 19.3. The van der Waals surface area contributed by atoms with Gasteiger partial charge >= 0.3 is 12.3 Å². The molecule has 0 radical (unpaired) electrons. The normalized spacial score (nSPS) is 12.6. The van der Waals surface area contributed by atoms with E-state index in [1.165, 1.54) is 12.1 Å². The van der Waals surface area contributed by atoms with E-state index in [1.54, 1.807) is 12.1 Å². The first kappa shape index (κ1) is 9.95. The maximum atomic E-state index is 12.9. The Morgan fingerprint density at radius 1 is 1.20 bits per heavy atom. The van der Waals surface area contributed by atoms with E-state index in [1.807, 2.05) is 0 Å². The minimum Gasteiger partial charge on any atom is -0.337 e. The molecule has 0 spiro atoms. The molecule has 1 aromatic carbocycles. The van der Waals surface area contributed by atoms with Gasteiger partial charge < -0.3 is 4.98 Å². The lowest BCUT2D eigenvalue weighted by molar-refractivity contribution is -0.140. The number of H-pyrrole nitrogens is 1. The fourth-order valence-electron chi connectivity index (χ4n) is 1.21. The summed E-state index contributed by atoms with van der Waals surface area (Å²) in [6.07, 6.45) is -3.77. The van der Waals surface area contributed by atoms with Crippen LogP contribution >= 0.6 is 0 Å². The van der Waals surface area contributed by atoms with E-state index < -0.39 is 18.2 Å². The van der Waals surface area contributed by atoms with Gasteiger partial charge in [-0.25, -0.2) is 13.8 Å². The first-order valence-electron chi connectivity index (χ1n) is 4.13. The molecular formula is C9H6F4N2. The molecule has 1 aromatic heterocycles. The number of imidazole rings is 1. The van der Waals surface area contributed by atoms with Crippen LogP contribution in [-0.2, 0) is 5.92 Å². The molecule has 6 heteroatoms. The number of rotatable bonds is 2. The number of nitrogens with one attached hydrogen (secondary N) is 1. The van der Waals surface area contributed by atoms with Gasteiger partial charge in [0.25, 0.3) is 0 Å². The van der Waals surface area contributed by atoms with Gasteiger partial charge in [-0.15, -0.1) is 0 Å². The topological polar surface area (TPSA) is 28.7 Å². The van der Waals surface area contributed by atoms with Gasteiger partial charge in [0.05, 0.1) is 11.0 Å². The second-order valence-electron chi connectivity index (χ2n) is 3.03. The Hall–Kier alpha value is -1.59. The van der Waals surface area contributed by atoms with Crippen molar-refractivity contribution in [2.75, 3.05) is 0 Å². The van der Waals surface area contributed by atoms with Crippen LogP contribution in [0.4, 0.5) is 17.6 Å². The molecule has 0 aliphatic heterocycles. The van der Waals surface area contributed by atoms with Crippen molar-refractivity contribution in [3.05, 3.63) is 30.1 Å². The van der Waals surface area contributed by atoms with Gasteiger partial charge in [0.2, 0.25) is 0 Å². The predicted octanol–water partition coefficient (Wildman–Crippen LogP) is 2.92. The van der Waals surface area contributed by atoms with Crippen molar-refractivity contribution in [1.82, 2.24) is 9.97 Å². The Labute approximate surface area is 81.9 Å². The number of para-hydroxylation sites is 2. The minimum atomic E-state index is -4.24. The van der Waals surface area contributed by atoms with Crippen LogP contribution in [-0.4, -0.2) is 16.4 Å². The molecule has 15 heavy (non-hydrogen) atoms. The number of aromatic amines is 1. The maximum absolute atomic E-state index is 12.9. The van der Waals surface area contributed by atoms with Crippen LogP contribution in [0.25, 0.3) is 11.0 Å². The van der Waals surface area contributed by atoms with Crippen molar-refractivity contribution in [2.45, 2.75) is 12.3 Å². The number of alkyl halides is 4. The van der Waals surface area contributed by atoms with Crippen LogP contribution in [0.15, 0.2) is 24.3 Å². The van der Waals surface area contributed by atoms with Gasteiger partial charge in [-0.2, -0.15) is 8.78 Å². The third-order valence-electron chi connectivity index (χ3n) is 1.98. The quantitative estimate of drug-likeness (QED) is 0.771. The molecule has 0 atom stereocenters.